The quantitative estimate of drug-likeness (QED) is 0.286. The summed E-state index contributed by atoms with van der Waals surface area (Å²) >= 11 is 0. The van der Waals surface area contributed by atoms with Crippen molar-refractivity contribution in [2.75, 3.05) is 24.6 Å². The molecule has 0 aliphatic carbocycles. The predicted molar refractivity (Wildman–Crippen MR) is 131 cm³/mol. The Morgan fingerprint density at radius 1 is 1.09 bits per heavy atom. The summed E-state index contributed by atoms with van der Waals surface area (Å²) in [5, 5.41) is 50.8. The molecule has 4 N–H and O–H groups in total. The number of aliphatic imine (C=N–C) groups is 1. The van der Waals surface area contributed by atoms with Crippen molar-refractivity contribution >= 4 is 34.7 Å². The Labute approximate surface area is 203 Å². The van der Waals surface area contributed by atoms with Crippen LogP contribution in [-0.4, -0.2) is 76.8 Å². The molecule has 0 bridgehead atoms. The van der Waals surface area contributed by atoms with E-state index in [1.54, 1.807) is 0 Å². The zero-order valence-electron chi connectivity index (χ0n) is 19.2. The Balaban J connectivity index is 1.49. The van der Waals surface area contributed by atoms with Gasteiger partial charge in [0.1, 0.15) is 23.9 Å². The Morgan fingerprint density at radius 3 is 2.51 bits per heavy atom. The molecule has 2 fully saturated rings. The predicted octanol–water partition coefficient (Wildman–Crippen LogP) is 1.38. The molecule has 0 spiro atoms. The van der Waals surface area contributed by atoms with Crippen molar-refractivity contribution < 1.29 is 30.0 Å². The first-order chi connectivity index (χ1) is 16.9. The number of ether oxygens (including phenoxy) is 1. The molecule has 5 atom stereocenters. The van der Waals surface area contributed by atoms with E-state index in [-0.39, 0.29) is 5.57 Å². The molecule has 2 heterocycles. The average Bonchev–Trinajstić information content (AvgIpc) is 2.89. The van der Waals surface area contributed by atoms with Crippen molar-refractivity contribution in [1.82, 2.24) is 0 Å². The van der Waals surface area contributed by atoms with Gasteiger partial charge in [0.05, 0.1) is 18.6 Å². The number of hydrogen-bond donors (Lipinski definition) is 4. The van der Waals surface area contributed by atoms with Gasteiger partial charge in [0.2, 0.25) is 0 Å². The van der Waals surface area contributed by atoms with Crippen molar-refractivity contribution in [3.63, 3.8) is 0 Å². The van der Waals surface area contributed by atoms with Crippen LogP contribution in [-0.2, 0) is 9.53 Å². The van der Waals surface area contributed by atoms with Gasteiger partial charge in [0, 0.05) is 25.0 Å². The fraction of sp³-hybridized carbons (Fsp3) is 0.423. The van der Waals surface area contributed by atoms with E-state index in [1.807, 2.05) is 30.3 Å². The largest absolute Gasteiger partial charge is 0.394 e. The fourth-order valence-electron chi connectivity index (χ4n) is 4.50. The van der Waals surface area contributed by atoms with E-state index in [1.165, 1.54) is 31.0 Å². The molecule has 2 unspecified atom stereocenters. The van der Waals surface area contributed by atoms with Crippen LogP contribution in [0.3, 0.4) is 0 Å². The maximum Gasteiger partial charge on any atom is 0.287 e. The third-order valence-electron chi connectivity index (χ3n) is 6.54. The fourth-order valence-corrected chi connectivity index (χ4v) is 4.50. The van der Waals surface area contributed by atoms with Crippen molar-refractivity contribution in [2.45, 2.75) is 43.9 Å². The van der Waals surface area contributed by atoms with Crippen LogP contribution < -0.4 is 4.90 Å². The second kappa shape index (κ2) is 11.1. The van der Waals surface area contributed by atoms with Crippen LogP contribution in [0.4, 0.5) is 5.69 Å². The van der Waals surface area contributed by atoms with Crippen molar-refractivity contribution in [2.24, 2.45) is 10.9 Å². The number of anilines is 1. The number of fused-ring (bicyclic) bond motifs is 1. The van der Waals surface area contributed by atoms with Gasteiger partial charge in [-0.15, -0.1) is 0 Å². The Hall–Kier alpha value is -3.13. The van der Waals surface area contributed by atoms with Gasteiger partial charge >= 0.3 is 0 Å². The highest BCUT2D eigenvalue weighted by molar-refractivity contribution is 6.05. The normalized spacial score (nSPS) is 27.8. The summed E-state index contributed by atoms with van der Waals surface area (Å²) in [6.07, 6.45) is 0.360. The van der Waals surface area contributed by atoms with E-state index in [0.717, 1.165) is 30.1 Å². The van der Waals surface area contributed by atoms with Crippen LogP contribution >= 0.6 is 0 Å². The van der Waals surface area contributed by atoms with Crippen LogP contribution in [0.15, 0.2) is 47.0 Å². The molecule has 9 heteroatoms. The summed E-state index contributed by atoms with van der Waals surface area (Å²) in [4.78, 5) is 18.6. The summed E-state index contributed by atoms with van der Waals surface area (Å²) in [7, 11) is 0. The molecule has 2 aliphatic rings. The van der Waals surface area contributed by atoms with Crippen molar-refractivity contribution in [1.29, 1.82) is 5.26 Å². The first kappa shape index (κ1) is 25.0. The van der Waals surface area contributed by atoms with Gasteiger partial charge in [-0.1, -0.05) is 18.2 Å². The maximum atomic E-state index is 12.5. The van der Waals surface area contributed by atoms with E-state index in [2.05, 4.69) is 22.0 Å². The number of carbonyl (C=O) groups excluding carboxylic acids is 1. The van der Waals surface area contributed by atoms with E-state index in [9.17, 15) is 25.4 Å². The number of nitrogens with zero attached hydrogens (tertiary/aromatic N) is 3. The molecule has 2 aliphatic heterocycles. The summed E-state index contributed by atoms with van der Waals surface area (Å²) in [6, 6.07) is 13.8. The minimum atomic E-state index is -1.58. The van der Waals surface area contributed by atoms with Crippen molar-refractivity contribution in [3.8, 4) is 6.07 Å². The number of carbonyl (C=O) groups is 1. The molecule has 35 heavy (non-hydrogen) atoms. The first-order valence-electron chi connectivity index (χ1n) is 11.7. The van der Waals surface area contributed by atoms with Crippen LogP contribution in [0.25, 0.3) is 16.8 Å². The highest BCUT2D eigenvalue weighted by Crippen LogP contribution is 2.27. The van der Waals surface area contributed by atoms with E-state index in [0.29, 0.717) is 5.56 Å². The summed E-state index contributed by atoms with van der Waals surface area (Å²) < 4.78 is 5.04. The van der Waals surface area contributed by atoms with Crippen LogP contribution in [0.2, 0.25) is 0 Å². The second-order valence-electron chi connectivity index (χ2n) is 8.90. The molecule has 9 nitrogen and oxygen atoms in total. The molecule has 0 saturated carbocycles. The molecule has 2 aromatic carbocycles. The van der Waals surface area contributed by atoms with Gasteiger partial charge < -0.3 is 30.1 Å². The number of aliphatic hydroxyl groups is 4. The third kappa shape index (κ3) is 5.59. The number of rotatable bonds is 5. The van der Waals surface area contributed by atoms with Gasteiger partial charge in [-0.3, -0.25) is 4.79 Å². The lowest BCUT2D eigenvalue weighted by molar-refractivity contribution is -0.254. The average molecular weight is 480 g/mol. The molecule has 184 valence electrons. The molecule has 0 radical (unpaired) electrons. The monoisotopic (exact) mass is 479 g/mol. The zero-order valence-corrected chi connectivity index (χ0v) is 19.2. The highest BCUT2D eigenvalue weighted by Gasteiger charge is 2.42. The molecular weight excluding hydrogens is 450 g/mol. The van der Waals surface area contributed by atoms with E-state index >= 15 is 0 Å². The number of piperidine rings is 1. The van der Waals surface area contributed by atoms with Gasteiger partial charge in [-0.05, 0) is 59.9 Å². The lowest BCUT2D eigenvalue weighted by Gasteiger charge is -2.38. The SMILES string of the molecule is N#C/C(=C\c1ccc2cc(N3CCCCC3)ccc2c1)C(=O)N=CC1C(O)O[C@H](CO)[C@@H](O)[C@@H]1O. The van der Waals surface area contributed by atoms with Crippen LogP contribution in [0, 0.1) is 17.2 Å². The Kier molecular flexibility index (Phi) is 7.90. The number of hydrogen-bond acceptors (Lipinski definition) is 8. The number of benzene rings is 2. The number of amides is 1. The summed E-state index contributed by atoms with van der Waals surface area (Å²) in [5.74, 6) is -2.06. The van der Waals surface area contributed by atoms with E-state index < -0.39 is 43.0 Å². The van der Waals surface area contributed by atoms with Gasteiger partial charge in [0.15, 0.2) is 6.29 Å². The first-order valence-corrected chi connectivity index (χ1v) is 11.7. The molecular formula is C26H29N3O6. The Morgan fingerprint density at radius 2 is 1.80 bits per heavy atom. The minimum Gasteiger partial charge on any atom is -0.394 e. The zero-order chi connectivity index (χ0) is 24.9. The Bertz CT molecular complexity index is 1170. The highest BCUT2D eigenvalue weighted by atomic mass is 16.6. The van der Waals surface area contributed by atoms with Crippen molar-refractivity contribution in [3.05, 3.63) is 47.5 Å². The molecule has 2 aromatic rings. The maximum absolute atomic E-state index is 12.5. The molecule has 2 saturated heterocycles. The van der Waals surface area contributed by atoms with Crippen LogP contribution in [0.5, 0.6) is 0 Å². The lowest BCUT2D eigenvalue weighted by atomic mass is 9.92. The van der Waals surface area contributed by atoms with Gasteiger partial charge in [-0.2, -0.15) is 5.26 Å². The number of nitriles is 1. The molecule has 0 aromatic heterocycles. The molecule has 4 rings (SSSR count). The summed E-state index contributed by atoms with van der Waals surface area (Å²) in [6.45, 7) is 1.52. The van der Waals surface area contributed by atoms with E-state index in [4.69, 9.17) is 9.84 Å². The minimum absolute atomic E-state index is 0.222. The topological polar surface area (TPSA) is 147 Å². The molecule has 1 amide bonds. The standard InChI is InChI=1S/C26H29N3O6/c27-13-19(25(33)28-14-21-23(31)24(32)22(15-30)35-26(21)34)11-16-4-5-18-12-20(7-6-17(18)10-16)29-8-2-1-3-9-29/h4-7,10-12,14,21-24,26,30-32,34H,1-3,8-9,15H2/b19-11+,28-14?/t21?,22-,23-,24-,26?/m1/s1. The summed E-state index contributed by atoms with van der Waals surface area (Å²) in [5.41, 5.74) is 1.62. The van der Waals surface area contributed by atoms with Gasteiger partial charge in [-0.25, -0.2) is 4.99 Å². The van der Waals surface area contributed by atoms with Gasteiger partial charge in [0.25, 0.3) is 5.91 Å². The smallest absolute Gasteiger partial charge is 0.287 e. The number of aliphatic hydroxyl groups excluding tert-OH is 4. The second-order valence-corrected chi connectivity index (χ2v) is 8.90. The van der Waals surface area contributed by atoms with Crippen LogP contribution in [0.1, 0.15) is 24.8 Å². The lowest BCUT2D eigenvalue weighted by Crippen LogP contribution is -2.56. The third-order valence-corrected chi connectivity index (χ3v) is 6.54.